The molecule has 0 aromatic heterocycles. The number of nitrogens with zero attached hydrogens (tertiary/aromatic N) is 1. The van der Waals surface area contributed by atoms with Gasteiger partial charge in [-0.2, -0.15) is 0 Å². The molecule has 0 bridgehead atoms. The van der Waals surface area contributed by atoms with Gasteiger partial charge in [0.25, 0.3) is 0 Å². The van der Waals surface area contributed by atoms with Gasteiger partial charge in [-0.1, -0.05) is 18.2 Å². The second-order valence-electron chi connectivity index (χ2n) is 8.11. The number of carbonyl (C=O) groups is 5. The highest BCUT2D eigenvalue weighted by Crippen LogP contribution is 2.39. The van der Waals surface area contributed by atoms with Crippen LogP contribution in [0.3, 0.4) is 0 Å². The van der Waals surface area contributed by atoms with Gasteiger partial charge in [-0.05, 0) is 24.0 Å². The van der Waals surface area contributed by atoms with E-state index < -0.39 is 54.1 Å². The Morgan fingerprint density at radius 1 is 1.09 bits per heavy atom. The minimum absolute atomic E-state index is 0.173. The smallest absolute Gasteiger partial charge is 0.310 e. The Bertz CT molecular complexity index is 993. The summed E-state index contributed by atoms with van der Waals surface area (Å²) >= 11 is 0. The molecule has 0 unspecified atom stereocenters. The number of anilines is 1. The molecule has 4 rings (SSSR count). The molecule has 170 valence electrons. The number of aryl methyl sites for hydroxylation is 1. The number of cyclic esters (lactones) is 1. The Hall–Kier alpha value is -3.47. The zero-order chi connectivity index (χ0) is 23.0. The van der Waals surface area contributed by atoms with E-state index in [9.17, 15) is 29.1 Å². The third kappa shape index (κ3) is 4.15. The summed E-state index contributed by atoms with van der Waals surface area (Å²) in [6, 6.07) is 2.80. The number of ether oxygens (including phenoxy) is 1. The van der Waals surface area contributed by atoms with Crippen LogP contribution in [0.2, 0.25) is 0 Å². The predicted molar refractivity (Wildman–Crippen MR) is 107 cm³/mol. The second kappa shape index (κ2) is 8.58. The van der Waals surface area contributed by atoms with Crippen molar-refractivity contribution < 1.29 is 38.9 Å². The highest BCUT2D eigenvalue weighted by Gasteiger charge is 2.45. The van der Waals surface area contributed by atoms with Gasteiger partial charge in [0.1, 0.15) is 18.1 Å². The van der Waals surface area contributed by atoms with E-state index in [1.165, 1.54) is 4.90 Å². The Balaban J connectivity index is 1.55. The average Bonchev–Trinajstić information content (AvgIpc) is 3.24. The molecule has 11 nitrogen and oxygen atoms in total. The highest BCUT2D eigenvalue weighted by atomic mass is 16.6. The molecule has 1 aromatic rings. The molecule has 1 aromatic carbocycles. The lowest BCUT2D eigenvalue weighted by Gasteiger charge is -2.28. The van der Waals surface area contributed by atoms with Gasteiger partial charge in [0.2, 0.25) is 24.0 Å². The fraction of sp³-hybridized carbons (Fsp3) is 0.476. The molecule has 4 atom stereocenters. The second-order valence-corrected chi connectivity index (χ2v) is 8.11. The summed E-state index contributed by atoms with van der Waals surface area (Å²) in [5.41, 5.74) is 2.32. The first kappa shape index (κ1) is 21.8. The van der Waals surface area contributed by atoms with Crippen LogP contribution in [-0.4, -0.2) is 64.3 Å². The average molecular weight is 445 g/mol. The van der Waals surface area contributed by atoms with Gasteiger partial charge in [-0.15, -0.1) is 0 Å². The van der Waals surface area contributed by atoms with E-state index in [1.807, 2.05) is 18.2 Å². The molecule has 3 aliphatic heterocycles. The third-order valence-corrected chi connectivity index (χ3v) is 5.92. The van der Waals surface area contributed by atoms with Crippen molar-refractivity contribution in [2.24, 2.45) is 0 Å². The summed E-state index contributed by atoms with van der Waals surface area (Å²) in [6.45, 7) is 0. The summed E-state index contributed by atoms with van der Waals surface area (Å²) in [5.74, 6) is -3.30. The maximum atomic E-state index is 13.4. The molecule has 3 aliphatic rings. The lowest BCUT2D eigenvalue weighted by atomic mass is 10.0. The van der Waals surface area contributed by atoms with Gasteiger partial charge < -0.3 is 25.6 Å². The number of nitrogens with one attached hydrogen (secondary N) is 2. The van der Waals surface area contributed by atoms with Crippen LogP contribution in [0.1, 0.15) is 36.8 Å². The molecule has 3 heterocycles. The van der Waals surface area contributed by atoms with Crippen LogP contribution in [0, 0.1) is 0 Å². The molecule has 1 fully saturated rings. The molecule has 0 radical (unpaired) electrons. The zero-order valence-corrected chi connectivity index (χ0v) is 17.1. The van der Waals surface area contributed by atoms with Crippen LogP contribution in [-0.2, 0) is 41.6 Å². The van der Waals surface area contributed by atoms with Gasteiger partial charge in [-0.25, -0.2) is 0 Å². The zero-order valence-electron chi connectivity index (χ0n) is 17.1. The topological polar surface area (TPSA) is 162 Å². The van der Waals surface area contributed by atoms with Crippen molar-refractivity contribution in [1.82, 2.24) is 10.6 Å². The van der Waals surface area contributed by atoms with Crippen LogP contribution in [0.4, 0.5) is 5.69 Å². The minimum Gasteiger partial charge on any atom is -0.481 e. The van der Waals surface area contributed by atoms with Crippen LogP contribution in [0.5, 0.6) is 0 Å². The number of aliphatic carboxylic acids is 1. The molecule has 32 heavy (non-hydrogen) atoms. The molecule has 0 saturated carbocycles. The first-order chi connectivity index (χ1) is 15.2. The number of carbonyl (C=O) groups excluding carboxylic acids is 4. The standard InChI is InChI=1S/C21H23N3O8/c25-15(6-7-16(26)27)22-12-5-4-10-2-1-3-11-8-14(24(18(10)11)20(12)30)19(29)23-13-9-17(28)32-21(13)31/h1-3,12-14,21,31H,4-9H2,(H,22,25)(H,23,29)(H,26,27)/t12-,13-,14-,21+/m0/s1. The number of amides is 3. The van der Waals surface area contributed by atoms with Crippen LogP contribution >= 0.6 is 0 Å². The predicted octanol–water partition coefficient (Wildman–Crippen LogP) is -1.01. The number of para-hydroxylation sites is 1. The number of aliphatic hydroxyl groups is 1. The fourth-order valence-electron chi connectivity index (χ4n) is 4.41. The Morgan fingerprint density at radius 2 is 1.84 bits per heavy atom. The Kier molecular flexibility index (Phi) is 5.83. The van der Waals surface area contributed by atoms with Crippen LogP contribution in [0.25, 0.3) is 0 Å². The Labute approximate surface area is 182 Å². The van der Waals surface area contributed by atoms with Gasteiger partial charge in [0.05, 0.1) is 18.5 Å². The van der Waals surface area contributed by atoms with E-state index in [0.717, 1.165) is 11.1 Å². The molecule has 4 N–H and O–H groups in total. The first-order valence-electron chi connectivity index (χ1n) is 10.4. The first-order valence-corrected chi connectivity index (χ1v) is 10.4. The normalized spacial score (nSPS) is 26.2. The van der Waals surface area contributed by atoms with Gasteiger partial charge in [-0.3, -0.25) is 28.9 Å². The molecular formula is C21H23N3O8. The largest absolute Gasteiger partial charge is 0.481 e. The number of hydrogen-bond donors (Lipinski definition) is 4. The number of aliphatic hydroxyl groups excluding tert-OH is 1. The number of carboxylic acid groups (broad SMARTS) is 1. The molecular weight excluding hydrogens is 422 g/mol. The van der Waals surface area contributed by atoms with E-state index >= 15 is 0 Å². The lowest BCUT2D eigenvalue weighted by Crippen LogP contribution is -2.56. The van der Waals surface area contributed by atoms with E-state index in [0.29, 0.717) is 18.5 Å². The number of benzene rings is 1. The molecule has 0 spiro atoms. The summed E-state index contributed by atoms with van der Waals surface area (Å²) in [4.78, 5) is 62.1. The van der Waals surface area contributed by atoms with Crippen molar-refractivity contribution >= 4 is 35.3 Å². The summed E-state index contributed by atoms with van der Waals surface area (Å²) in [5, 5.41) is 23.8. The molecule has 11 heteroatoms. The quantitative estimate of drug-likeness (QED) is 0.405. The number of hydrogen-bond acceptors (Lipinski definition) is 7. The molecule has 1 saturated heterocycles. The molecule has 0 aliphatic carbocycles. The van der Waals surface area contributed by atoms with Gasteiger partial charge in [0, 0.05) is 12.8 Å². The van der Waals surface area contributed by atoms with Gasteiger partial charge >= 0.3 is 11.9 Å². The maximum Gasteiger partial charge on any atom is 0.310 e. The highest BCUT2D eigenvalue weighted by molar-refractivity contribution is 6.08. The van der Waals surface area contributed by atoms with Crippen molar-refractivity contribution in [3.63, 3.8) is 0 Å². The van der Waals surface area contributed by atoms with Crippen molar-refractivity contribution in [2.75, 3.05) is 4.90 Å². The fourth-order valence-corrected chi connectivity index (χ4v) is 4.41. The summed E-state index contributed by atoms with van der Waals surface area (Å²) < 4.78 is 4.66. The Morgan fingerprint density at radius 3 is 2.53 bits per heavy atom. The van der Waals surface area contributed by atoms with E-state index in [2.05, 4.69) is 15.4 Å². The third-order valence-electron chi connectivity index (χ3n) is 5.92. The summed E-state index contributed by atoms with van der Waals surface area (Å²) in [6.07, 6.45) is -1.18. The van der Waals surface area contributed by atoms with E-state index in [4.69, 9.17) is 5.11 Å². The number of rotatable bonds is 6. The monoisotopic (exact) mass is 445 g/mol. The van der Waals surface area contributed by atoms with E-state index in [1.54, 1.807) is 0 Å². The van der Waals surface area contributed by atoms with Crippen molar-refractivity contribution in [2.45, 2.75) is 62.9 Å². The van der Waals surface area contributed by atoms with Crippen LogP contribution in [0.15, 0.2) is 18.2 Å². The molecule has 3 amide bonds. The SMILES string of the molecule is O=C(O)CCC(=O)N[C@H]1CCc2cccc3c2N(C1=O)[C@H](C(=O)N[C@H]1CC(=O)O[C@H]1O)C3. The lowest BCUT2D eigenvalue weighted by molar-refractivity contribution is -0.155. The van der Waals surface area contributed by atoms with Gasteiger partial charge in [0.15, 0.2) is 0 Å². The van der Waals surface area contributed by atoms with Crippen molar-refractivity contribution in [3.8, 4) is 0 Å². The maximum absolute atomic E-state index is 13.4. The van der Waals surface area contributed by atoms with Crippen molar-refractivity contribution in [1.29, 1.82) is 0 Å². The van der Waals surface area contributed by atoms with Crippen LogP contribution < -0.4 is 15.5 Å². The number of esters is 1. The summed E-state index contributed by atoms with van der Waals surface area (Å²) in [7, 11) is 0. The minimum atomic E-state index is -1.45. The number of carboxylic acids is 1. The van der Waals surface area contributed by atoms with Crippen molar-refractivity contribution in [3.05, 3.63) is 29.3 Å². The van der Waals surface area contributed by atoms with E-state index in [-0.39, 0.29) is 25.7 Å².